The van der Waals surface area contributed by atoms with Gasteiger partial charge in [0.25, 0.3) is 0 Å². The molecule has 0 fully saturated rings. The van der Waals surface area contributed by atoms with Gasteiger partial charge in [-0.05, 0) is 31.5 Å². The highest BCUT2D eigenvalue weighted by molar-refractivity contribution is 5.82. The Morgan fingerprint density at radius 2 is 2.14 bits per heavy atom. The quantitative estimate of drug-likeness (QED) is 0.642. The van der Waals surface area contributed by atoms with E-state index in [9.17, 15) is 4.79 Å². The van der Waals surface area contributed by atoms with Crippen LogP contribution in [0, 0.1) is 0 Å². The van der Waals surface area contributed by atoms with Gasteiger partial charge in [0.1, 0.15) is 18.8 Å². The first-order chi connectivity index (χ1) is 10.1. The van der Waals surface area contributed by atoms with Gasteiger partial charge < -0.3 is 14.2 Å². The number of benzene rings is 1. The van der Waals surface area contributed by atoms with Crippen LogP contribution in [0.3, 0.4) is 0 Å². The number of carbonyl (C=O) groups is 1. The molecule has 0 saturated heterocycles. The van der Waals surface area contributed by atoms with Crippen molar-refractivity contribution in [3.05, 3.63) is 36.4 Å². The fourth-order valence-corrected chi connectivity index (χ4v) is 2.20. The summed E-state index contributed by atoms with van der Waals surface area (Å²) in [5.74, 6) is 1.01. The largest absolute Gasteiger partial charge is 0.486 e. The summed E-state index contributed by atoms with van der Waals surface area (Å²) in [6, 6.07) is 5.49. The van der Waals surface area contributed by atoms with Crippen molar-refractivity contribution in [2.45, 2.75) is 19.4 Å². The van der Waals surface area contributed by atoms with Crippen molar-refractivity contribution in [2.24, 2.45) is 0 Å². The maximum absolute atomic E-state index is 12.3. The molecular formula is C16H21NO4. The van der Waals surface area contributed by atoms with Crippen LogP contribution in [-0.4, -0.2) is 32.3 Å². The number of fused-ring (bicyclic) bond motifs is 1. The van der Waals surface area contributed by atoms with Crippen LogP contribution >= 0.6 is 0 Å². The summed E-state index contributed by atoms with van der Waals surface area (Å²) in [6.07, 6.45) is 1.70. The van der Waals surface area contributed by atoms with Crippen molar-refractivity contribution in [3.8, 4) is 11.5 Å². The van der Waals surface area contributed by atoms with E-state index in [1.165, 1.54) is 0 Å². The number of hydrogen-bond donors (Lipinski definition) is 1. The van der Waals surface area contributed by atoms with Crippen LogP contribution in [0.1, 0.15) is 19.4 Å². The molecule has 1 N–H and O–H groups in total. The summed E-state index contributed by atoms with van der Waals surface area (Å²) in [5.41, 5.74) is -0.188. The van der Waals surface area contributed by atoms with E-state index in [1.807, 2.05) is 18.2 Å². The second kappa shape index (κ2) is 6.63. The maximum atomic E-state index is 12.3. The summed E-state index contributed by atoms with van der Waals surface area (Å²) in [7, 11) is 0. The molecule has 0 spiro atoms. The molecule has 1 aromatic rings. The van der Waals surface area contributed by atoms with Crippen LogP contribution in [0.2, 0.25) is 0 Å². The smallest absolute Gasteiger partial charge is 0.330 e. The van der Waals surface area contributed by atoms with Gasteiger partial charge in [0.05, 0.1) is 6.61 Å². The molecule has 2 rings (SSSR count). The van der Waals surface area contributed by atoms with Gasteiger partial charge >= 0.3 is 5.97 Å². The molecule has 0 bridgehead atoms. The monoisotopic (exact) mass is 291 g/mol. The van der Waals surface area contributed by atoms with E-state index in [4.69, 9.17) is 14.2 Å². The number of hydrogen-bond acceptors (Lipinski definition) is 5. The van der Waals surface area contributed by atoms with Crippen LogP contribution in [0.4, 0.5) is 0 Å². The van der Waals surface area contributed by atoms with E-state index in [1.54, 1.807) is 19.9 Å². The molecule has 0 amide bonds. The molecule has 1 aromatic carbocycles. The number of nitrogens with one attached hydrogen (secondary N) is 1. The Bertz CT molecular complexity index is 529. The third kappa shape index (κ3) is 3.19. The third-order valence-corrected chi connectivity index (χ3v) is 3.40. The predicted octanol–water partition coefficient (Wildman–Crippen LogP) is 2.01. The molecule has 1 heterocycles. The molecule has 114 valence electrons. The van der Waals surface area contributed by atoms with E-state index in [0.717, 1.165) is 5.56 Å². The normalized spacial score (nSPS) is 15.9. The fourth-order valence-electron chi connectivity index (χ4n) is 2.20. The fraction of sp³-hybridized carbons (Fsp3) is 0.438. The van der Waals surface area contributed by atoms with E-state index < -0.39 is 5.54 Å². The molecular weight excluding hydrogens is 270 g/mol. The second-order valence-electron chi connectivity index (χ2n) is 4.87. The van der Waals surface area contributed by atoms with Crippen LogP contribution in [0.5, 0.6) is 11.5 Å². The minimum absolute atomic E-state index is 0.328. The lowest BCUT2D eigenvalue weighted by Gasteiger charge is -2.30. The molecule has 0 radical (unpaired) electrons. The van der Waals surface area contributed by atoms with Crippen LogP contribution in [0.25, 0.3) is 0 Å². The van der Waals surface area contributed by atoms with Gasteiger partial charge in [-0.3, -0.25) is 5.32 Å². The first kappa shape index (κ1) is 15.4. The SMILES string of the molecule is C=CCNC(C)(C(=O)OCC)c1ccc2c(c1)OCCO2. The second-order valence-corrected chi connectivity index (χ2v) is 4.87. The van der Waals surface area contributed by atoms with Crippen LogP contribution < -0.4 is 14.8 Å². The van der Waals surface area contributed by atoms with Crippen molar-refractivity contribution < 1.29 is 19.0 Å². The number of ether oxygens (including phenoxy) is 3. The van der Waals surface area contributed by atoms with E-state index in [2.05, 4.69) is 11.9 Å². The van der Waals surface area contributed by atoms with Crippen molar-refractivity contribution in [3.63, 3.8) is 0 Å². The molecule has 5 nitrogen and oxygen atoms in total. The van der Waals surface area contributed by atoms with Crippen LogP contribution in [0.15, 0.2) is 30.9 Å². The molecule has 1 aliphatic rings. The highest BCUT2D eigenvalue weighted by Gasteiger charge is 2.37. The van der Waals surface area contributed by atoms with Gasteiger partial charge in [0.2, 0.25) is 0 Å². The lowest BCUT2D eigenvalue weighted by atomic mass is 9.91. The van der Waals surface area contributed by atoms with Crippen molar-refractivity contribution in [1.82, 2.24) is 5.32 Å². The molecule has 0 saturated carbocycles. The average molecular weight is 291 g/mol. The Hall–Kier alpha value is -2.01. The highest BCUT2D eigenvalue weighted by Crippen LogP contribution is 2.34. The maximum Gasteiger partial charge on any atom is 0.330 e. The van der Waals surface area contributed by atoms with Crippen molar-refractivity contribution in [2.75, 3.05) is 26.4 Å². The highest BCUT2D eigenvalue weighted by atomic mass is 16.6. The lowest BCUT2D eigenvalue weighted by molar-refractivity contribution is -0.150. The van der Waals surface area contributed by atoms with Gasteiger partial charge in [-0.1, -0.05) is 12.1 Å². The summed E-state index contributed by atoms with van der Waals surface area (Å²) < 4.78 is 16.3. The minimum atomic E-state index is -0.958. The Morgan fingerprint density at radius 1 is 1.43 bits per heavy atom. The van der Waals surface area contributed by atoms with Crippen molar-refractivity contribution >= 4 is 5.97 Å². The molecule has 1 atom stereocenters. The molecule has 5 heteroatoms. The van der Waals surface area contributed by atoms with Gasteiger partial charge in [0.15, 0.2) is 11.5 Å². The Morgan fingerprint density at radius 3 is 2.81 bits per heavy atom. The van der Waals surface area contributed by atoms with E-state index in [0.29, 0.717) is 37.9 Å². The van der Waals surface area contributed by atoms with Gasteiger partial charge in [-0.25, -0.2) is 4.79 Å². The summed E-state index contributed by atoms with van der Waals surface area (Å²) in [6.45, 7) is 9.12. The van der Waals surface area contributed by atoms with E-state index >= 15 is 0 Å². The van der Waals surface area contributed by atoms with Crippen molar-refractivity contribution in [1.29, 1.82) is 0 Å². The summed E-state index contributed by atoms with van der Waals surface area (Å²) >= 11 is 0. The molecule has 0 aromatic heterocycles. The number of rotatable bonds is 6. The summed E-state index contributed by atoms with van der Waals surface area (Å²) in [5, 5.41) is 3.16. The zero-order chi connectivity index (χ0) is 15.3. The van der Waals surface area contributed by atoms with Crippen LogP contribution in [-0.2, 0) is 15.1 Å². The average Bonchev–Trinajstić information content (AvgIpc) is 2.52. The first-order valence-corrected chi connectivity index (χ1v) is 7.05. The lowest BCUT2D eigenvalue weighted by Crippen LogP contribution is -2.47. The third-order valence-electron chi connectivity index (χ3n) is 3.40. The Kier molecular flexibility index (Phi) is 4.85. The molecule has 21 heavy (non-hydrogen) atoms. The topological polar surface area (TPSA) is 56.8 Å². The van der Waals surface area contributed by atoms with Gasteiger partial charge in [-0.2, -0.15) is 0 Å². The predicted molar refractivity (Wildman–Crippen MR) is 79.6 cm³/mol. The van der Waals surface area contributed by atoms with E-state index in [-0.39, 0.29) is 5.97 Å². The first-order valence-electron chi connectivity index (χ1n) is 7.05. The van der Waals surface area contributed by atoms with Gasteiger partial charge in [0, 0.05) is 6.54 Å². The zero-order valence-electron chi connectivity index (χ0n) is 12.5. The molecule has 1 aliphatic heterocycles. The number of esters is 1. The Labute approximate surface area is 124 Å². The molecule has 1 unspecified atom stereocenters. The summed E-state index contributed by atoms with van der Waals surface area (Å²) in [4.78, 5) is 12.3. The Balaban J connectivity index is 2.35. The van der Waals surface area contributed by atoms with Gasteiger partial charge in [-0.15, -0.1) is 6.58 Å². The zero-order valence-corrected chi connectivity index (χ0v) is 12.5. The minimum Gasteiger partial charge on any atom is -0.486 e. The number of carbonyl (C=O) groups excluding carboxylic acids is 1. The molecule has 0 aliphatic carbocycles. The standard InChI is InChI=1S/C16H21NO4/c1-4-8-17-16(3,15(18)19-5-2)12-6-7-13-14(11-12)21-10-9-20-13/h4,6-7,11,17H,1,5,8-10H2,2-3H3.